The predicted octanol–water partition coefficient (Wildman–Crippen LogP) is 2.03. The zero-order valence-corrected chi connectivity index (χ0v) is 11.2. The van der Waals surface area contributed by atoms with Crippen molar-refractivity contribution in [2.24, 2.45) is 0 Å². The summed E-state index contributed by atoms with van der Waals surface area (Å²) in [6.07, 6.45) is 2.36. The SMILES string of the molecule is COc1cccc(CCNc2ncnc(N)c2C)c1. The summed E-state index contributed by atoms with van der Waals surface area (Å²) in [4.78, 5) is 8.12. The van der Waals surface area contributed by atoms with Gasteiger partial charge >= 0.3 is 0 Å². The third-order valence-corrected chi connectivity index (χ3v) is 2.96. The van der Waals surface area contributed by atoms with Crippen molar-refractivity contribution in [3.63, 3.8) is 0 Å². The van der Waals surface area contributed by atoms with Crippen molar-refractivity contribution >= 4 is 11.6 Å². The lowest BCUT2D eigenvalue weighted by molar-refractivity contribution is 0.414. The maximum absolute atomic E-state index is 5.73. The fourth-order valence-electron chi connectivity index (χ4n) is 1.80. The van der Waals surface area contributed by atoms with Crippen LogP contribution in [0.15, 0.2) is 30.6 Å². The van der Waals surface area contributed by atoms with Gasteiger partial charge in [-0.05, 0) is 31.0 Å². The fraction of sp³-hybridized carbons (Fsp3) is 0.286. The number of benzene rings is 1. The molecule has 0 bridgehead atoms. The number of rotatable bonds is 5. The summed E-state index contributed by atoms with van der Waals surface area (Å²) in [6.45, 7) is 2.69. The second-order valence-corrected chi connectivity index (χ2v) is 4.26. The number of aromatic nitrogens is 2. The van der Waals surface area contributed by atoms with Gasteiger partial charge in [-0.1, -0.05) is 12.1 Å². The van der Waals surface area contributed by atoms with Gasteiger partial charge in [0.1, 0.15) is 23.7 Å². The first-order valence-corrected chi connectivity index (χ1v) is 6.14. The minimum absolute atomic E-state index is 0.513. The number of ether oxygens (including phenoxy) is 1. The minimum atomic E-state index is 0.513. The van der Waals surface area contributed by atoms with Gasteiger partial charge in [-0.15, -0.1) is 0 Å². The van der Waals surface area contributed by atoms with E-state index in [0.717, 1.165) is 30.1 Å². The van der Waals surface area contributed by atoms with Gasteiger partial charge in [0, 0.05) is 12.1 Å². The molecule has 0 saturated carbocycles. The van der Waals surface area contributed by atoms with Crippen LogP contribution in [0, 0.1) is 6.92 Å². The molecule has 100 valence electrons. The lowest BCUT2D eigenvalue weighted by Gasteiger charge is -2.09. The number of hydrogen-bond donors (Lipinski definition) is 2. The van der Waals surface area contributed by atoms with E-state index in [1.807, 2.05) is 25.1 Å². The van der Waals surface area contributed by atoms with Crippen LogP contribution in [0.1, 0.15) is 11.1 Å². The van der Waals surface area contributed by atoms with E-state index in [1.54, 1.807) is 7.11 Å². The number of nitrogens with zero attached hydrogens (tertiary/aromatic N) is 2. The van der Waals surface area contributed by atoms with Gasteiger partial charge in [-0.3, -0.25) is 0 Å². The van der Waals surface area contributed by atoms with E-state index in [9.17, 15) is 0 Å². The highest BCUT2D eigenvalue weighted by Crippen LogP contribution is 2.16. The molecule has 19 heavy (non-hydrogen) atoms. The van der Waals surface area contributed by atoms with Gasteiger partial charge in [0.15, 0.2) is 0 Å². The van der Waals surface area contributed by atoms with Crippen molar-refractivity contribution in [2.45, 2.75) is 13.3 Å². The van der Waals surface area contributed by atoms with Gasteiger partial charge in [-0.2, -0.15) is 0 Å². The Hall–Kier alpha value is -2.30. The Morgan fingerprint density at radius 2 is 2.16 bits per heavy atom. The van der Waals surface area contributed by atoms with Crippen molar-refractivity contribution in [1.82, 2.24) is 9.97 Å². The second-order valence-electron chi connectivity index (χ2n) is 4.26. The maximum Gasteiger partial charge on any atom is 0.134 e. The molecule has 2 rings (SSSR count). The molecule has 2 aromatic rings. The Bertz CT molecular complexity index is 557. The van der Waals surface area contributed by atoms with E-state index < -0.39 is 0 Å². The van der Waals surface area contributed by atoms with Gasteiger partial charge in [0.2, 0.25) is 0 Å². The van der Waals surface area contributed by atoms with Crippen LogP contribution in [0.5, 0.6) is 5.75 Å². The molecule has 5 heteroatoms. The van der Waals surface area contributed by atoms with Crippen molar-refractivity contribution in [2.75, 3.05) is 24.7 Å². The number of hydrogen-bond acceptors (Lipinski definition) is 5. The third-order valence-electron chi connectivity index (χ3n) is 2.96. The summed E-state index contributed by atoms with van der Waals surface area (Å²) >= 11 is 0. The van der Waals surface area contributed by atoms with Gasteiger partial charge in [-0.25, -0.2) is 9.97 Å². The number of nitrogens with two attached hydrogens (primary N) is 1. The number of methoxy groups -OCH3 is 1. The molecule has 1 aromatic heterocycles. The van der Waals surface area contributed by atoms with E-state index in [0.29, 0.717) is 5.82 Å². The van der Waals surface area contributed by atoms with Crippen LogP contribution in [-0.2, 0) is 6.42 Å². The molecule has 0 amide bonds. The van der Waals surface area contributed by atoms with Crippen LogP contribution in [0.3, 0.4) is 0 Å². The molecule has 0 aliphatic heterocycles. The van der Waals surface area contributed by atoms with Crippen molar-refractivity contribution < 1.29 is 4.74 Å². The Morgan fingerprint density at radius 3 is 2.95 bits per heavy atom. The zero-order valence-electron chi connectivity index (χ0n) is 11.2. The molecule has 0 aliphatic rings. The average Bonchev–Trinajstić information content (AvgIpc) is 2.44. The molecular formula is C14H18N4O. The molecule has 5 nitrogen and oxygen atoms in total. The first-order valence-electron chi connectivity index (χ1n) is 6.14. The first-order chi connectivity index (χ1) is 9.20. The van der Waals surface area contributed by atoms with E-state index >= 15 is 0 Å². The second kappa shape index (κ2) is 6.04. The Kier molecular flexibility index (Phi) is 4.18. The minimum Gasteiger partial charge on any atom is -0.497 e. The van der Waals surface area contributed by atoms with Gasteiger partial charge in [0.05, 0.1) is 7.11 Å². The molecule has 0 aliphatic carbocycles. The summed E-state index contributed by atoms with van der Waals surface area (Å²) in [5.74, 6) is 2.18. The van der Waals surface area contributed by atoms with Crippen LogP contribution >= 0.6 is 0 Å². The molecule has 0 saturated heterocycles. The Balaban J connectivity index is 1.94. The standard InChI is InChI=1S/C14H18N4O/c1-10-13(15)17-9-18-14(10)16-7-6-11-4-3-5-12(8-11)19-2/h3-5,8-9H,6-7H2,1-2H3,(H3,15,16,17,18). The van der Waals surface area contributed by atoms with Crippen LogP contribution in [0.4, 0.5) is 11.6 Å². The number of nitrogens with one attached hydrogen (secondary N) is 1. The molecular weight excluding hydrogens is 240 g/mol. The summed E-state index contributed by atoms with van der Waals surface area (Å²) in [5, 5.41) is 3.27. The van der Waals surface area contributed by atoms with Crippen LogP contribution in [0.2, 0.25) is 0 Å². The fourth-order valence-corrected chi connectivity index (χ4v) is 1.80. The Labute approximate surface area is 112 Å². The molecule has 1 heterocycles. The normalized spacial score (nSPS) is 10.2. The zero-order chi connectivity index (χ0) is 13.7. The summed E-state index contributed by atoms with van der Waals surface area (Å²) in [7, 11) is 1.67. The van der Waals surface area contributed by atoms with Gasteiger partial charge in [0.25, 0.3) is 0 Å². The van der Waals surface area contributed by atoms with Gasteiger partial charge < -0.3 is 15.8 Å². The summed E-state index contributed by atoms with van der Waals surface area (Å²) in [6, 6.07) is 8.03. The first kappa shape index (κ1) is 13.1. The van der Waals surface area contributed by atoms with Crippen molar-refractivity contribution in [3.8, 4) is 5.75 Å². The lowest BCUT2D eigenvalue weighted by atomic mass is 10.1. The van der Waals surface area contributed by atoms with Crippen molar-refractivity contribution in [3.05, 3.63) is 41.7 Å². The topological polar surface area (TPSA) is 73.1 Å². The highest BCUT2D eigenvalue weighted by atomic mass is 16.5. The summed E-state index contributed by atoms with van der Waals surface area (Å²) in [5.41, 5.74) is 7.83. The number of anilines is 2. The predicted molar refractivity (Wildman–Crippen MR) is 76.4 cm³/mol. The highest BCUT2D eigenvalue weighted by Gasteiger charge is 2.03. The quantitative estimate of drug-likeness (QED) is 0.858. The molecule has 0 spiro atoms. The molecule has 1 aromatic carbocycles. The van der Waals surface area contributed by atoms with Crippen LogP contribution in [-0.4, -0.2) is 23.6 Å². The van der Waals surface area contributed by atoms with E-state index in [-0.39, 0.29) is 0 Å². The largest absolute Gasteiger partial charge is 0.497 e. The molecule has 0 atom stereocenters. The monoisotopic (exact) mass is 258 g/mol. The van der Waals surface area contributed by atoms with Crippen LogP contribution < -0.4 is 15.8 Å². The number of nitrogen functional groups attached to an aromatic ring is 1. The summed E-state index contributed by atoms with van der Waals surface area (Å²) < 4.78 is 5.20. The highest BCUT2D eigenvalue weighted by molar-refractivity contribution is 5.53. The van der Waals surface area contributed by atoms with E-state index in [2.05, 4.69) is 21.4 Å². The van der Waals surface area contributed by atoms with E-state index in [4.69, 9.17) is 10.5 Å². The lowest BCUT2D eigenvalue weighted by Crippen LogP contribution is -2.09. The van der Waals surface area contributed by atoms with E-state index in [1.165, 1.54) is 11.9 Å². The molecule has 3 N–H and O–H groups in total. The third kappa shape index (κ3) is 3.34. The average molecular weight is 258 g/mol. The van der Waals surface area contributed by atoms with Crippen molar-refractivity contribution in [1.29, 1.82) is 0 Å². The van der Waals surface area contributed by atoms with Crippen LogP contribution in [0.25, 0.3) is 0 Å². The molecule has 0 unspecified atom stereocenters. The smallest absolute Gasteiger partial charge is 0.134 e. The molecule has 0 radical (unpaired) electrons. The Morgan fingerprint density at radius 1 is 1.32 bits per heavy atom. The molecule has 0 fully saturated rings. The maximum atomic E-state index is 5.73.